The van der Waals surface area contributed by atoms with Gasteiger partial charge in [0.25, 0.3) is 5.56 Å². The molecule has 2 heterocycles. The summed E-state index contributed by atoms with van der Waals surface area (Å²) in [7, 11) is 0. The van der Waals surface area contributed by atoms with Gasteiger partial charge in [-0.05, 0) is 25.5 Å². The maximum Gasteiger partial charge on any atom is 0.262 e. The Morgan fingerprint density at radius 1 is 1.28 bits per heavy atom. The number of nitrogens with zero attached hydrogens (tertiary/aromatic N) is 4. The van der Waals surface area contributed by atoms with Crippen LogP contribution in [0.25, 0.3) is 16.7 Å². The normalized spacial score (nSPS) is 11.8. The predicted molar refractivity (Wildman–Crippen MR) is 92.6 cm³/mol. The summed E-state index contributed by atoms with van der Waals surface area (Å²) in [5, 5.41) is 8.95. The number of alkyl halides is 2. The highest BCUT2D eigenvalue weighted by molar-refractivity contribution is 7.99. The van der Waals surface area contributed by atoms with E-state index in [0.717, 1.165) is 11.8 Å². The standard InChI is InChI=1S/C16H18F2N4O2S/c1-2-24-9-5-8-21-14(23)11-6-3-4-7-12(11)22-15(21)19-20-16(22)25-10-13(17)18/h3-4,6-7,13H,2,5,8-10H2,1H3. The Hall–Kier alpha value is -2.00. The van der Waals surface area contributed by atoms with E-state index >= 15 is 0 Å². The summed E-state index contributed by atoms with van der Waals surface area (Å²) in [5.41, 5.74) is 0.447. The third-order valence-electron chi connectivity index (χ3n) is 3.69. The molecule has 0 amide bonds. The van der Waals surface area contributed by atoms with Gasteiger partial charge in [0.05, 0.1) is 16.7 Å². The van der Waals surface area contributed by atoms with E-state index in [1.165, 1.54) is 4.57 Å². The van der Waals surface area contributed by atoms with Crippen LogP contribution in [-0.2, 0) is 11.3 Å². The second-order valence-electron chi connectivity index (χ2n) is 5.34. The van der Waals surface area contributed by atoms with Crippen molar-refractivity contribution in [2.75, 3.05) is 19.0 Å². The smallest absolute Gasteiger partial charge is 0.262 e. The number of hydrogen-bond acceptors (Lipinski definition) is 5. The van der Waals surface area contributed by atoms with Gasteiger partial charge in [-0.3, -0.25) is 13.8 Å². The van der Waals surface area contributed by atoms with Crippen LogP contribution in [0.15, 0.2) is 34.2 Å². The molecule has 0 fully saturated rings. The molecule has 134 valence electrons. The molecule has 0 saturated carbocycles. The third-order valence-corrected chi connectivity index (χ3v) is 4.63. The van der Waals surface area contributed by atoms with Crippen LogP contribution >= 0.6 is 11.8 Å². The Kier molecular flexibility index (Phi) is 5.64. The Morgan fingerprint density at radius 3 is 2.84 bits per heavy atom. The summed E-state index contributed by atoms with van der Waals surface area (Å²) in [6.45, 7) is 3.47. The van der Waals surface area contributed by atoms with Crippen molar-refractivity contribution in [3.05, 3.63) is 34.6 Å². The molecule has 0 atom stereocenters. The molecule has 6 nitrogen and oxygen atoms in total. The zero-order valence-corrected chi connectivity index (χ0v) is 14.5. The summed E-state index contributed by atoms with van der Waals surface area (Å²) in [6, 6.07) is 7.06. The Morgan fingerprint density at radius 2 is 2.08 bits per heavy atom. The summed E-state index contributed by atoms with van der Waals surface area (Å²) in [6.07, 6.45) is -1.80. The predicted octanol–water partition coefficient (Wildman–Crippen LogP) is 2.83. The monoisotopic (exact) mass is 368 g/mol. The van der Waals surface area contributed by atoms with Crippen molar-refractivity contribution in [1.29, 1.82) is 0 Å². The Bertz CT molecular complexity index is 926. The quantitative estimate of drug-likeness (QED) is 0.452. The number of fused-ring (bicyclic) bond motifs is 3. The van der Waals surface area contributed by atoms with Crippen LogP contribution in [0.5, 0.6) is 0 Å². The molecule has 0 spiro atoms. The van der Waals surface area contributed by atoms with Gasteiger partial charge in [-0.1, -0.05) is 23.9 Å². The molecule has 0 saturated heterocycles. The fraction of sp³-hybridized carbons (Fsp3) is 0.438. The van der Waals surface area contributed by atoms with Gasteiger partial charge < -0.3 is 4.74 Å². The highest BCUT2D eigenvalue weighted by Crippen LogP contribution is 2.22. The van der Waals surface area contributed by atoms with Gasteiger partial charge >= 0.3 is 0 Å². The molecular formula is C16H18F2N4O2S. The van der Waals surface area contributed by atoms with Crippen molar-refractivity contribution in [2.45, 2.75) is 31.5 Å². The van der Waals surface area contributed by atoms with Crippen molar-refractivity contribution in [3.8, 4) is 0 Å². The molecule has 3 rings (SSSR count). The minimum Gasteiger partial charge on any atom is -0.382 e. The first-order valence-electron chi connectivity index (χ1n) is 7.98. The second kappa shape index (κ2) is 7.92. The van der Waals surface area contributed by atoms with Crippen LogP contribution in [0.2, 0.25) is 0 Å². The highest BCUT2D eigenvalue weighted by atomic mass is 32.2. The lowest BCUT2D eigenvalue weighted by atomic mass is 10.2. The number of rotatable bonds is 8. The molecule has 0 aliphatic heterocycles. The van der Waals surface area contributed by atoms with Crippen LogP contribution in [0.3, 0.4) is 0 Å². The number of benzene rings is 1. The first-order valence-corrected chi connectivity index (χ1v) is 8.97. The first kappa shape index (κ1) is 17.8. The van der Waals surface area contributed by atoms with Gasteiger partial charge in [0.15, 0.2) is 5.16 Å². The van der Waals surface area contributed by atoms with Crippen molar-refractivity contribution in [1.82, 2.24) is 19.2 Å². The van der Waals surface area contributed by atoms with Crippen LogP contribution < -0.4 is 5.56 Å². The fourth-order valence-electron chi connectivity index (χ4n) is 2.64. The molecule has 3 aromatic rings. The summed E-state index contributed by atoms with van der Waals surface area (Å²) in [5.74, 6) is -0.0181. The molecule has 0 aliphatic rings. The largest absolute Gasteiger partial charge is 0.382 e. The van der Waals surface area contributed by atoms with E-state index in [9.17, 15) is 13.6 Å². The molecule has 0 radical (unpaired) electrons. The van der Waals surface area contributed by atoms with Crippen LogP contribution in [-0.4, -0.2) is 44.6 Å². The number of thioether (sulfide) groups is 1. The number of para-hydroxylation sites is 1. The fourth-order valence-corrected chi connectivity index (χ4v) is 3.32. The lowest BCUT2D eigenvalue weighted by Gasteiger charge is -2.11. The number of ether oxygens (including phenoxy) is 1. The van der Waals surface area contributed by atoms with E-state index in [1.807, 2.05) is 6.92 Å². The maximum atomic E-state index is 12.8. The Labute approximate surface area is 146 Å². The van der Waals surface area contributed by atoms with E-state index in [-0.39, 0.29) is 11.3 Å². The molecule has 1 aromatic carbocycles. The van der Waals surface area contributed by atoms with Gasteiger partial charge in [-0.25, -0.2) is 8.78 Å². The molecule has 0 N–H and O–H groups in total. The van der Waals surface area contributed by atoms with Crippen molar-refractivity contribution in [2.24, 2.45) is 0 Å². The molecular weight excluding hydrogens is 350 g/mol. The van der Waals surface area contributed by atoms with Crippen molar-refractivity contribution in [3.63, 3.8) is 0 Å². The second-order valence-corrected chi connectivity index (χ2v) is 6.33. The number of hydrogen-bond donors (Lipinski definition) is 0. The van der Waals surface area contributed by atoms with Crippen LogP contribution in [0, 0.1) is 0 Å². The number of halogens is 2. The van der Waals surface area contributed by atoms with Crippen molar-refractivity contribution < 1.29 is 13.5 Å². The van der Waals surface area contributed by atoms with Crippen LogP contribution in [0.1, 0.15) is 13.3 Å². The van der Waals surface area contributed by atoms with E-state index in [0.29, 0.717) is 48.0 Å². The van der Waals surface area contributed by atoms with E-state index in [1.54, 1.807) is 28.7 Å². The molecule has 25 heavy (non-hydrogen) atoms. The SMILES string of the molecule is CCOCCCn1c(=O)c2ccccc2n2c(SCC(F)F)nnc12. The summed E-state index contributed by atoms with van der Waals surface area (Å²) in [4.78, 5) is 12.8. The average Bonchev–Trinajstić information content (AvgIpc) is 3.03. The zero-order valence-electron chi connectivity index (χ0n) is 13.7. The van der Waals surface area contributed by atoms with E-state index in [2.05, 4.69) is 10.2 Å². The first-order chi connectivity index (χ1) is 12.1. The molecule has 0 bridgehead atoms. The average molecular weight is 368 g/mol. The lowest BCUT2D eigenvalue weighted by molar-refractivity contribution is 0.141. The van der Waals surface area contributed by atoms with Gasteiger partial charge in [-0.15, -0.1) is 10.2 Å². The lowest BCUT2D eigenvalue weighted by Crippen LogP contribution is -2.24. The summed E-state index contributed by atoms with van der Waals surface area (Å²) >= 11 is 0.925. The number of aryl methyl sites for hydroxylation is 1. The summed E-state index contributed by atoms with van der Waals surface area (Å²) < 4.78 is 33.7. The van der Waals surface area contributed by atoms with E-state index in [4.69, 9.17) is 4.74 Å². The third kappa shape index (κ3) is 3.67. The van der Waals surface area contributed by atoms with Gasteiger partial charge in [0.1, 0.15) is 0 Å². The highest BCUT2D eigenvalue weighted by Gasteiger charge is 2.17. The molecule has 0 aliphatic carbocycles. The molecule has 2 aromatic heterocycles. The number of aromatic nitrogens is 4. The van der Waals surface area contributed by atoms with Gasteiger partial charge in [0, 0.05) is 19.8 Å². The molecule has 0 unspecified atom stereocenters. The Balaban J connectivity index is 2.11. The van der Waals surface area contributed by atoms with Gasteiger partial charge in [-0.2, -0.15) is 0 Å². The minimum absolute atomic E-state index is 0.169. The zero-order chi connectivity index (χ0) is 17.8. The minimum atomic E-state index is -2.44. The van der Waals surface area contributed by atoms with Crippen LogP contribution in [0.4, 0.5) is 8.78 Å². The maximum absolute atomic E-state index is 12.8. The van der Waals surface area contributed by atoms with Gasteiger partial charge in [0.2, 0.25) is 12.2 Å². The topological polar surface area (TPSA) is 61.4 Å². The van der Waals surface area contributed by atoms with Crippen molar-refractivity contribution >= 4 is 28.4 Å². The van der Waals surface area contributed by atoms with E-state index < -0.39 is 6.43 Å². The molecule has 9 heteroatoms.